The van der Waals surface area contributed by atoms with Crippen molar-refractivity contribution >= 4 is 35.2 Å². The van der Waals surface area contributed by atoms with Crippen LogP contribution in [0, 0.1) is 10.1 Å². The highest BCUT2D eigenvalue weighted by Gasteiger charge is 2.26. The summed E-state index contributed by atoms with van der Waals surface area (Å²) < 4.78 is 10.4. The van der Waals surface area contributed by atoms with Crippen molar-refractivity contribution in [1.82, 2.24) is 0 Å². The van der Waals surface area contributed by atoms with E-state index in [0.717, 1.165) is 0 Å². The lowest BCUT2D eigenvalue weighted by Gasteiger charge is -2.03. The van der Waals surface area contributed by atoms with Gasteiger partial charge in [0.2, 0.25) is 5.90 Å². The minimum atomic E-state index is -0.643. The summed E-state index contributed by atoms with van der Waals surface area (Å²) in [6.07, 6.45) is 1.54. The summed E-state index contributed by atoms with van der Waals surface area (Å²) in [5.41, 5.74) is 0.873. The van der Waals surface area contributed by atoms with Crippen LogP contribution in [0.25, 0.3) is 6.08 Å². The second-order valence-electron chi connectivity index (χ2n) is 5.00. The molecule has 0 saturated heterocycles. The average molecular weight is 359 g/mol. The van der Waals surface area contributed by atoms with Gasteiger partial charge in [-0.1, -0.05) is 29.8 Å². The predicted molar refractivity (Wildman–Crippen MR) is 91.7 cm³/mol. The number of methoxy groups -OCH3 is 1. The van der Waals surface area contributed by atoms with Gasteiger partial charge in [0.05, 0.1) is 22.6 Å². The molecular weight excluding hydrogens is 348 g/mol. The molecule has 2 aromatic rings. The zero-order valence-corrected chi connectivity index (χ0v) is 13.7. The molecular formula is C17H11ClN2O5. The van der Waals surface area contributed by atoms with E-state index in [4.69, 9.17) is 21.1 Å². The Balaban J connectivity index is 1.98. The summed E-state index contributed by atoms with van der Waals surface area (Å²) >= 11 is 6.04. The van der Waals surface area contributed by atoms with Crippen molar-refractivity contribution in [3.8, 4) is 5.75 Å². The topological polar surface area (TPSA) is 91.0 Å². The van der Waals surface area contributed by atoms with Gasteiger partial charge in [0.15, 0.2) is 5.70 Å². The molecule has 0 radical (unpaired) electrons. The number of nitrogens with zero attached hydrogens (tertiary/aromatic N) is 2. The molecule has 0 bridgehead atoms. The number of nitro groups is 1. The van der Waals surface area contributed by atoms with Crippen LogP contribution < -0.4 is 4.74 Å². The van der Waals surface area contributed by atoms with Crippen LogP contribution in [-0.2, 0) is 9.53 Å². The monoisotopic (exact) mass is 358 g/mol. The number of carbonyl (C=O) groups excluding carboxylic acids is 1. The van der Waals surface area contributed by atoms with E-state index in [2.05, 4.69) is 4.99 Å². The molecule has 3 rings (SSSR count). The summed E-state index contributed by atoms with van der Waals surface area (Å²) in [5.74, 6) is -0.0683. The van der Waals surface area contributed by atoms with Gasteiger partial charge in [-0.05, 0) is 18.2 Å². The Morgan fingerprint density at radius 3 is 2.72 bits per heavy atom. The second kappa shape index (κ2) is 6.74. The molecule has 0 aliphatic carbocycles. The van der Waals surface area contributed by atoms with E-state index >= 15 is 0 Å². The standard InChI is InChI=1S/C17H11ClN2O5/c1-24-15-5-3-2-4-10(15)8-14-17(21)25-16(19-14)12-7-6-11(20(22)23)9-13(12)18/h2-9H,1H3. The van der Waals surface area contributed by atoms with Gasteiger partial charge in [-0.15, -0.1) is 0 Å². The van der Waals surface area contributed by atoms with Crippen LogP contribution in [0.3, 0.4) is 0 Å². The lowest BCUT2D eigenvalue weighted by atomic mass is 10.1. The number of halogens is 1. The van der Waals surface area contributed by atoms with Crippen molar-refractivity contribution in [3.63, 3.8) is 0 Å². The Hall–Kier alpha value is -3.19. The fourth-order valence-corrected chi connectivity index (χ4v) is 2.50. The highest BCUT2D eigenvalue weighted by molar-refractivity contribution is 6.34. The molecule has 25 heavy (non-hydrogen) atoms. The third-order valence-electron chi connectivity index (χ3n) is 3.45. The van der Waals surface area contributed by atoms with Crippen molar-refractivity contribution < 1.29 is 19.2 Å². The van der Waals surface area contributed by atoms with E-state index in [1.807, 2.05) is 0 Å². The number of rotatable bonds is 4. The molecule has 0 atom stereocenters. The first-order valence-corrected chi connectivity index (χ1v) is 7.47. The number of non-ortho nitro benzene ring substituents is 1. The summed E-state index contributed by atoms with van der Waals surface area (Å²) in [6, 6.07) is 11.0. The molecule has 8 heteroatoms. The normalized spacial score (nSPS) is 15.0. The third-order valence-corrected chi connectivity index (χ3v) is 3.76. The van der Waals surface area contributed by atoms with E-state index < -0.39 is 10.9 Å². The van der Waals surface area contributed by atoms with Crippen LogP contribution in [0.1, 0.15) is 11.1 Å². The van der Waals surface area contributed by atoms with E-state index in [1.54, 1.807) is 24.3 Å². The van der Waals surface area contributed by atoms with Gasteiger partial charge in [-0.25, -0.2) is 9.79 Å². The summed E-state index contributed by atoms with van der Waals surface area (Å²) in [4.78, 5) is 26.4. The molecule has 0 amide bonds. The maximum Gasteiger partial charge on any atom is 0.363 e. The number of esters is 1. The Morgan fingerprint density at radius 1 is 1.28 bits per heavy atom. The van der Waals surface area contributed by atoms with E-state index in [-0.39, 0.29) is 22.3 Å². The molecule has 0 aromatic heterocycles. The second-order valence-corrected chi connectivity index (χ2v) is 5.41. The molecule has 126 valence electrons. The smallest absolute Gasteiger partial charge is 0.363 e. The average Bonchev–Trinajstić information content (AvgIpc) is 2.95. The highest BCUT2D eigenvalue weighted by Crippen LogP contribution is 2.28. The van der Waals surface area contributed by atoms with E-state index in [0.29, 0.717) is 16.9 Å². The maximum atomic E-state index is 12.1. The van der Waals surface area contributed by atoms with Crippen LogP contribution in [0.4, 0.5) is 5.69 Å². The fraction of sp³-hybridized carbons (Fsp3) is 0.0588. The van der Waals surface area contributed by atoms with Crippen LogP contribution in [0.15, 0.2) is 53.2 Å². The van der Waals surface area contributed by atoms with Crippen LogP contribution in [-0.4, -0.2) is 23.9 Å². The van der Waals surface area contributed by atoms with Crippen molar-refractivity contribution in [2.24, 2.45) is 4.99 Å². The minimum absolute atomic E-state index is 0.00829. The van der Waals surface area contributed by atoms with E-state index in [9.17, 15) is 14.9 Å². The summed E-state index contributed by atoms with van der Waals surface area (Å²) in [6.45, 7) is 0. The number of cyclic esters (lactones) is 1. The van der Waals surface area contributed by atoms with Crippen molar-refractivity contribution in [1.29, 1.82) is 0 Å². The number of carbonyl (C=O) groups is 1. The SMILES string of the molecule is COc1ccccc1C=C1N=C(c2ccc([N+](=O)[O-])cc2Cl)OC1=O. The first-order valence-electron chi connectivity index (χ1n) is 7.09. The molecule has 1 heterocycles. The fourth-order valence-electron chi connectivity index (χ4n) is 2.25. The predicted octanol–water partition coefficient (Wildman–Crippen LogP) is 3.60. The lowest BCUT2D eigenvalue weighted by Crippen LogP contribution is -2.06. The van der Waals surface area contributed by atoms with Crippen LogP contribution in [0.5, 0.6) is 5.75 Å². The number of hydrogen-bond acceptors (Lipinski definition) is 6. The lowest BCUT2D eigenvalue weighted by molar-refractivity contribution is -0.384. The molecule has 0 saturated carbocycles. The van der Waals surface area contributed by atoms with Gasteiger partial charge in [-0.3, -0.25) is 10.1 Å². The van der Waals surface area contributed by atoms with Crippen molar-refractivity contribution in [2.75, 3.05) is 7.11 Å². The number of aliphatic imine (C=N–C) groups is 1. The molecule has 0 fully saturated rings. The maximum absolute atomic E-state index is 12.1. The van der Waals surface area contributed by atoms with Crippen LogP contribution in [0.2, 0.25) is 5.02 Å². The van der Waals surface area contributed by atoms with Gasteiger partial charge in [0, 0.05) is 17.7 Å². The van der Waals surface area contributed by atoms with Gasteiger partial charge in [0.25, 0.3) is 5.69 Å². The molecule has 0 spiro atoms. The van der Waals surface area contributed by atoms with Gasteiger partial charge < -0.3 is 9.47 Å². The number of benzene rings is 2. The van der Waals surface area contributed by atoms with Gasteiger partial charge >= 0.3 is 5.97 Å². The largest absolute Gasteiger partial charge is 0.496 e. The minimum Gasteiger partial charge on any atom is -0.496 e. The Bertz CT molecular complexity index is 936. The Kier molecular flexibility index (Phi) is 4.49. The highest BCUT2D eigenvalue weighted by atomic mass is 35.5. The number of para-hydroxylation sites is 1. The van der Waals surface area contributed by atoms with Gasteiger partial charge in [-0.2, -0.15) is 0 Å². The quantitative estimate of drug-likeness (QED) is 0.360. The third kappa shape index (κ3) is 3.36. The molecule has 0 unspecified atom stereocenters. The summed E-state index contributed by atoms with van der Waals surface area (Å²) in [7, 11) is 1.52. The zero-order chi connectivity index (χ0) is 18.0. The zero-order valence-electron chi connectivity index (χ0n) is 12.9. The molecule has 2 aromatic carbocycles. The number of ether oxygens (including phenoxy) is 2. The van der Waals surface area contributed by atoms with E-state index in [1.165, 1.54) is 31.4 Å². The molecule has 1 aliphatic heterocycles. The Morgan fingerprint density at radius 2 is 2.04 bits per heavy atom. The van der Waals surface area contributed by atoms with Crippen molar-refractivity contribution in [3.05, 3.63) is 74.4 Å². The first kappa shape index (κ1) is 16.7. The molecule has 1 aliphatic rings. The number of hydrogen-bond donors (Lipinski definition) is 0. The number of nitro benzene ring substituents is 1. The summed E-state index contributed by atoms with van der Waals surface area (Å²) in [5, 5.41) is 10.8. The molecule has 7 nitrogen and oxygen atoms in total. The van der Waals surface area contributed by atoms with Gasteiger partial charge in [0.1, 0.15) is 5.75 Å². The Labute approximate surface area is 147 Å². The first-order chi connectivity index (χ1) is 12.0. The van der Waals surface area contributed by atoms with Crippen LogP contribution >= 0.6 is 11.6 Å². The molecule has 0 N–H and O–H groups in total. The van der Waals surface area contributed by atoms with Crippen molar-refractivity contribution in [2.45, 2.75) is 0 Å².